The van der Waals surface area contributed by atoms with Crippen molar-refractivity contribution in [3.63, 3.8) is 0 Å². The van der Waals surface area contributed by atoms with Crippen LogP contribution in [-0.4, -0.2) is 35.5 Å². The summed E-state index contributed by atoms with van der Waals surface area (Å²) < 4.78 is 12.9. The number of amides is 1. The van der Waals surface area contributed by atoms with E-state index in [0.717, 1.165) is 18.4 Å². The Labute approximate surface area is 117 Å². The summed E-state index contributed by atoms with van der Waals surface area (Å²) in [5, 5.41) is 8.64. The van der Waals surface area contributed by atoms with Gasteiger partial charge >= 0.3 is 5.97 Å². The number of nitrogens with zero attached hydrogens (tertiary/aromatic N) is 1. The van der Waals surface area contributed by atoms with E-state index in [1.54, 1.807) is 19.2 Å². The van der Waals surface area contributed by atoms with Crippen LogP contribution < -0.4 is 0 Å². The number of hydrogen-bond donors (Lipinski definition) is 1. The second kappa shape index (κ2) is 6.03. The number of rotatable bonds is 5. The number of carboxylic acids is 1. The van der Waals surface area contributed by atoms with Crippen molar-refractivity contribution in [2.24, 2.45) is 5.92 Å². The van der Waals surface area contributed by atoms with E-state index in [0.29, 0.717) is 0 Å². The van der Waals surface area contributed by atoms with E-state index in [2.05, 4.69) is 0 Å². The van der Waals surface area contributed by atoms with Gasteiger partial charge in [-0.1, -0.05) is 12.1 Å². The molecule has 108 valence electrons. The van der Waals surface area contributed by atoms with Crippen molar-refractivity contribution in [2.45, 2.75) is 25.2 Å². The Kier molecular flexibility index (Phi) is 4.37. The molecule has 1 aromatic carbocycles. The predicted octanol–water partition coefficient (Wildman–Crippen LogP) is 2.25. The van der Waals surface area contributed by atoms with Gasteiger partial charge in [0, 0.05) is 19.5 Å². The van der Waals surface area contributed by atoms with Gasteiger partial charge in [-0.2, -0.15) is 0 Å². The fourth-order valence-corrected chi connectivity index (χ4v) is 2.56. The maximum absolute atomic E-state index is 12.9. The smallest absolute Gasteiger partial charge is 0.305 e. The minimum atomic E-state index is -0.909. The van der Waals surface area contributed by atoms with Crippen LogP contribution in [0.4, 0.5) is 4.39 Å². The minimum absolute atomic E-state index is 0.0215. The SMILES string of the molecule is CN(CCC(=O)O)C(=O)C1CCC1c1ccc(F)cc1. The van der Waals surface area contributed by atoms with Crippen LogP contribution >= 0.6 is 0 Å². The maximum Gasteiger partial charge on any atom is 0.305 e. The van der Waals surface area contributed by atoms with E-state index in [1.165, 1.54) is 17.0 Å². The molecule has 0 heterocycles. The third-order valence-electron chi connectivity index (χ3n) is 3.93. The Morgan fingerprint density at radius 2 is 1.95 bits per heavy atom. The summed E-state index contributed by atoms with van der Waals surface area (Å²) in [7, 11) is 1.63. The number of hydrogen-bond acceptors (Lipinski definition) is 2. The maximum atomic E-state index is 12.9. The topological polar surface area (TPSA) is 57.6 Å². The third kappa shape index (κ3) is 3.15. The molecule has 0 bridgehead atoms. The first kappa shape index (κ1) is 14.5. The van der Waals surface area contributed by atoms with Crippen molar-refractivity contribution in [3.8, 4) is 0 Å². The second-order valence-electron chi connectivity index (χ2n) is 5.25. The van der Waals surface area contributed by atoms with Crippen LogP contribution in [0.2, 0.25) is 0 Å². The molecule has 4 nitrogen and oxygen atoms in total. The summed E-state index contributed by atoms with van der Waals surface area (Å²) in [6.07, 6.45) is 1.67. The van der Waals surface area contributed by atoms with Crippen molar-refractivity contribution in [1.82, 2.24) is 4.90 Å². The van der Waals surface area contributed by atoms with Gasteiger partial charge in [0.2, 0.25) is 5.91 Å². The Balaban J connectivity index is 1.97. The number of carbonyl (C=O) groups excluding carboxylic acids is 1. The molecule has 2 rings (SSSR count). The highest BCUT2D eigenvalue weighted by atomic mass is 19.1. The third-order valence-corrected chi connectivity index (χ3v) is 3.93. The summed E-state index contributed by atoms with van der Waals surface area (Å²) in [5.41, 5.74) is 0.975. The summed E-state index contributed by atoms with van der Waals surface area (Å²) >= 11 is 0. The van der Waals surface area contributed by atoms with Gasteiger partial charge in [-0.25, -0.2) is 4.39 Å². The molecule has 1 amide bonds. The molecule has 1 fully saturated rings. The molecule has 1 aliphatic rings. The highest BCUT2D eigenvalue weighted by Crippen LogP contribution is 2.43. The van der Waals surface area contributed by atoms with Crippen molar-refractivity contribution >= 4 is 11.9 Å². The normalized spacial score (nSPS) is 21.1. The molecule has 1 aromatic rings. The molecular formula is C15H18FNO3. The fraction of sp³-hybridized carbons (Fsp3) is 0.467. The molecule has 1 aliphatic carbocycles. The van der Waals surface area contributed by atoms with Crippen LogP contribution in [0.1, 0.15) is 30.7 Å². The van der Waals surface area contributed by atoms with Crippen LogP contribution in [0.15, 0.2) is 24.3 Å². The van der Waals surface area contributed by atoms with Crippen molar-refractivity contribution in [3.05, 3.63) is 35.6 Å². The number of carboxylic acid groups (broad SMARTS) is 1. The lowest BCUT2D eigenvalue weighted by Crippen LogP contribution is -2.41. The molecular weight excluding hydrogens is 261 g/mol. The lowest BCUT2D eigenvalue weighted by Gasteiger charge is -2.38. The lowest BCUT2D eigenvalue weighted by molar-refractivity contribution is -0.140. The molecule has 1 saturated carbocycles. The molecule has 0 radical (unpaired) electrons. The summed E-state index contributed by atoms with van der Waals surface area (Å²) in [6, 6.07) is 6.25. The Bertz CT molecular complexity index is 500. The number of benzene rings is 1. The first-order valence-corrected chi connectivity index (χ1v) is 6.71. The Morgan fingerprint density at radius 1 is 1.30 bits per heavy atom. The van der Waals surface area contributed by atoms with Crippen LogP contribution in [0.25, 0.3) is 0 Å². The van der Waals surface area contributed by atoms with Crippen molar-refractivity contribution in [1.29, 1.82) is 0 Å². The van der Waals surface area contributed by atoms with Crippen LogP contribution in [0.3, 0.4) is 0 Å². The fourth-order valence-electron chi connectivity index (χ4n) is 2.56. The quantitative estimate of drug-likeness (QED) is 0.899. The van der Waals surface area contributed by atoms with Gasteiger partial charge in [-0.15, -0.1) is 0 Å². The average Bonchev–Trinajstić information content (AvgIpc) is 2.37. The highest BCUT2D eigenvalue weighted by molar-refractivity contribution is 5.81. The van der Waals surface area contributed by atoms with E-state index in [4.69, 9.17) is 5.11 Å². The van der Waals surface area contributed by atoms with Gasteiger partial charge in [-0.3, -0.25) is 9.59 Å². The molecule has 2 unspecified atom stereocenters. The number of aliphatic carboxylic acids is 1. The van der Waals surface area contributed by atoms with Gasteiger partial charge in [0.05, 0.1) is 6.42 Å². The number of halogens is 1. The second-order valence-corrected chi connectivity index (χ2v) is 5.25. The highest BCUT2D eigenvalue weighted by Gasteiger charge is 2.38. The monoisotopic (exact) mass is 279 g/mol. The first-order valence-electron chi connectivity index (χ1n) is 6.71. The molecule has 0 spiro atoms. The lowest BCUT2D eigenvalue weighted by atomic mass is 9.69. The predicted molar refractivity (Wildman–Crippen MR) is 71.8 cm³/mol. The zero-order valence-electron chi connectivity index (χ0n) is 11.4. The van der Waals surface area contributed by atoms with Gasteiger partial charge in [0.1, 0.15) is 5.82 Å². The summed E-state index contributed by atoms with van der Waals surface area (Å²) in [5.74, 6) is -1.20. The molecule has 1 N–H and O–H groups in total. The summed E-state index contributed by atoms with van der Waals surface area (Å²) in [6.45, 7) is 0.223. The van der Waals surface area contributed by atoms with E-state index in [9.17, 15) is 14.0 Å². The van der Waals surface area contributed by atoms with Crippen molar-refractivity contribution in [2.75, 3.05) is 13.6 Å². The molecule has 5 heteroatoms. The van der Waals surface area contributed by atoms with Gasteiger partial charge < -0.3 is 10.0 Å². The zero-order valence-corrected chi connectivity index (χ0v) is 11.4. The van der Waals surface area contributed by atoms with E-state index in [1.807, 2.05) is 0 Å². The zero-order chi connectivity index (χ0) is 14.7. The van der Waals surface area contributed by atoms with Gasteiger partial charge in [0.15, 0.2) is 0 Å². The molecule has 0 saturated heterocycles. The first-order chi connectivity index (χ1) is 9.49. The average molecular weight is 279 g/mol. The largest absolute Gasteiger partial charge is 0.481 e. The van der Waals surface area contributed by atoms with E-state index < -0.39 is 5.97 Å². The molecule has 20 heavy (non-hydrogen) atoms. The Hall–Kier alpha value is -1.91. The van der Waals surface area contributed by atoms with Crippen LogP contribution in [-0.2, 0) is 9.59 Å². The van der Waals surface area contributed by atoms with Gasteiger partial charge in [-0.05, 0) is 36.5 Å². The van der Waals surface area contributed by atoms with E-state index in [-0.39, 0.29) is 36.5 Å². The van der Waals surface area contributed by atoms with Gasteiger partial charge in [0.25, 0.3) is 0 Å². The standard InChI is InChI=1S/C15H18FNO3/c1-17(9-8-14(18)19)15(20)13-7-6-12(13)10-2-4-11(16)5-3-10/h2-5,12-13H,6-9H2,1H3,(H,18,19). The molecule has 2 atom stereocenters. The minimum Gasteiger partial charge on any atom is -0.481 e. The number of carbonyl (C=O) groups is 2. The molecule has 0 aliphatic heterocycles. The molecule has 0 aromatic heterocycles. The van der Waals surface area contributed by atoms with Crippen LogP contribution in [0, 0.1) is 11.7 Å². The van der Waals surface area contributed by atoms with E-state index >= 15 is 0 Å². The summed E-state index contributed by atoms with van der Waals surface area (Å²) in [4.78, 5) is 24.3. The van der Waals surface area contributed by atoms with Crippen molar-refractivity contribution < 1.29 is 19.1 Å². The van der Waals surface area contributed by atoms with Crippen LogP contribution in [0.5, 0.6) is 0 Å². The Morgan fingerprint density at radius 3 is 2.45 bits per heavy atom.